The van der Waals surface area contributed by atoms with Crippen LogP contribution in [-0.2, 0) is 0 Å². The molecule has 1 aliphatic heterocycles. The van der Waals surface area contributed by atoms with Crippen LogP contribution in [0.2, 0.25) is 0 Å². The molecule has 0 aromatic carbocycles. The van der Waals surface area contributed by atoms with Gasteiger partial charge in [-0.3, -0.25) is 4.90 Å². The van der Waals surface area contributed by atoms with Gasteiger partial charge in [0, 0.05) is 19.1 Å². The summed E-state index contributed by atoms with van der Waals surface area (Å²) in [6, 6.07) is 0.321. The van der Waals surface area contributed by atoms with E-state index in [0.29, 0.717) is 12.0 Å². The van der Waals surface area contributed by atoms with E-state index in [1.54, 1.807) is 0 Å². The quantitative estimate of drug-likeness (QED) is 0.693. The predicted molar refractivity (Wildman–Crippen MR) is 62.1 cm³/mol. The van der Waals surface area contributed by atoms with Crippen molar-refractivity contribution in [2.24, 2.45) is 5.92 Å². The Bertz CT molecular complexity index is 259. The second kappa shape index (κ2) is 3.97. The Morgan fingerprint density at radius 1 is 0.938 bits per heavy atom. The van der Waals surface area contributed by atoms with E-state index in [4.69, 9.17) is 0 Å². The molecule has 3 aliphatic rings. The lowest BCUT2D eigenvalue weighted by Gasteiger charge is -2.51. The minimum absolute atomic E-state index is 0.161. The largest absolute Gasteiger partial charge is 0.391 e. The topological polar surface area (TPSA) is 43.7 Å². The zero-order valence-corrected chi connectivity index (χ0v) is 9.94. The highest BCUT2D eigenvalue weighted by atomic mass is 16.3. The van der Waals surface area contributed by atoms with Crippen molar-refractivity contribution in [3.05, 3.63) is 0 Å². The second-order valence-electron chi connectivity index (χ2n) is 6.06. The van der Waals surface area contributed by atoms with Gasteiger partial charge in [-0.1, -0.05) is 19.3 Å². The number of hydrogen-bond donors (Lipinski definition) is 2. The van der Waals surface area contributed by atoms with Crippen molar-refractivity contribution in [2.75, 3.05) is 13.1 Å². The maximum atomic E-state index is 10.3. The molecule has 3 heteroatoms. The normalized spacial score (nSPS) is 40.1. The number of β-amino-alcohol motifs (C(OH)–C–C–N with tert-alkyl or cyclic N) is 1. The molecule has 2 aliphatic carbocycles. The first kappa shape index (κ1) is 11.0. The maximum absolute atomic E-state index is 10.3. The van der Waals surface area contributed by atoms with Gasteiger partial charge in [0.05, 0.1) is 11.7 Å². The number of rotatable bonds is 2. The fourth-order valence-electron chi connectivity index (χ4n) is 3.46. The van der Waals surface area contributed by atoms with Crippen molar-refractivity contribution in [1.82, 2.24) is 4.90 Å². The summed E-state index contributed by atoms with van der Waals surface area (Å²) in [5, 5.41) is 20.4. The fraction of sp³-hybridized carbons (Fsp3) is 1.00. The van der Waals surface area contributed by atoms with Crippen molar-refractivity contribution in [3.63, 3.8) is 0 Å². The van der Waals surface area contributed by atoms with Gasteiger partial charge in [0.15, 0.2) is 0 Å². The number of aliphatic hydroxyl groups is 2. The van der Waals surface area contributed by atoms with Crippen LogP contribution in [0.4, 0.5) is 0 Å². The number of likely N-dealkylation sites (tertiary alicyclic amines) is 1. The van der Waals surface area contributed by atoms with E-state index in [9.17, 15) is 10.2 Å². The average molecular weight is 225 g/mol. The highest BCUT2D eigenvalue weighted by Gasteiger charge is 2.53. The first-order chi connectivity index (χ1) is 7.69. The molecule has 3 rings (SSSR count). The van der Waals surface area contributed by atoms with Gasteiger partial charge in [-0.2, -0.15) is 0 Å². The number of hydrogen-bond acceptors (Lipinski definition) is 3. The molecule has 92 valence electrons. The second-order valence-corrected chi connectivity index (χ2v) is 6.06. The van der Waals surface area contributed by atoms with Gasteiger partial charge in [0.2, 0.25) is 0 Å². The Kier molecular flexibility index (Phi) is 2.73. The number of aliphatic hydroxyl groups excluding tert-OH is 1. The van der Waals surface area contributed by atoms with Gasteiger partial charge >= 0.3 is 0 Å². The third-order valence-electron chi connectivity index (χ3n) is 4.70. The molecule has 3 nitrogen and oxygen atoms in total. The van der Waals surface area contributed by atoms with Crippen LogP contribution < -0.4 is 0 Å². The van der Waals surface area contributed by atoms with Crippen LogP contribution in [0.3, 0.4) is 0 Å². The van der Waals surface area contributed by atoms with E-state index in [2.05, 4.69) is 4.90 Å². The van der Waals surface area contributed by atoms with Gasteiger partial charge in [0.1, 0.15) is 0 Å². The lowest BCUT2D eigenvalue weighted by Crippen LogP contribution is -2.67. The van der Waals surface area contributed by atoms with Crippen LogP contribution in [0, 0.1) is 5.92 Å². The summed E-state index contributed by atoms with van der Waals surface area (Å²) >= 11 is 0. The molecule has 3 fully saturated rings. The summed E-state index contributed by atoms with van der Waals surface area (Å²) in [6.07, 6.45) is 7.97. The van der Waals surface area contributed by atoms with Crippen LogP contribution in [0.1, 0.15) is 44.9 Å². The number of nitrogens with zero attached hydrogens (tertiary/aromatic N) is 1. The smallest absolute Gasteiger partial charge is 0.0928 e. The van der Waals surface area contributed by atoms with Crippen molar-refractivity contribution < 1.29 is 10.2 Å². The van der Waals surface area contributed by atoms with Gasteiger partial charge in [0.25, 0.3) is 0 Å². The molecule has 2 unspecified atom stereocenters. The predicted octanol–water partition coefficient (Wildman–Crippen LogP) is 1.14. The van der Waals surface area contributed by atoms with Crippen LogP contribution in [0.5, 0.6) is 0 Å². The summed E-state index contributed by atoms with van der Waals surface area (Å²) in [7, 11) is 0. The molecule has 0 amide bonds. The van der Waals surface area contributed by atoms with Crippen LogP contribution in [0.25, 0.3) is 0 Å². The molecule has 2 N–H and O–H groups in total. The Morgan fingerprint density at radius 3 is 2.31 bits per heavy atom. The summed E-state index contributed by atoms with van der Waals surface area (Å²) in [6.45, 7) is 1.61. The molecule has 0 radical (unpaired) electrons. The van der Waals surface area contributed by atoms with E-state index in [-0.39, 0.29) is 6.10 Å². The van der Waals surface area contributed by atoms with Crippen LogP contribution in [0.15, 0.2) is 0 Å². The molecule has 1 heterocycles. The Balaban J connectivity index is 1.57. The van der Waals surface area contributed by atoms with E-state index >= 15 is 0 Å². The Morgan fingerprint density at radius 2 is 1.62 bits per heavy atom. The molecule has 2 saturated carbocycles. The first-order valence-corrected chi connectivity index (χ1v) is 6.83. The molecular weight excluding hydrogens is 202 g/mol. The standard InChI is InChI=1S/C13H23NO2/c15-12-5-3-1-2-4-11(12)14-8-13(16,9-14)10-6-7-10/h10-12,15-16H,1-9H2. The Hall–Kier alpha value is -0.120. The minimum atomic E-state index is -0.397. The third kappa shape index (κ3) is 1.89. The van der Waals surface area contributed by atoms with Crippen molar-refractivity contribution in [1.29, 1.82) is 0 Å². The molecule has 0 aromatic heterocycles. The summed E-state index contributed by atoms with van der Waals surface area (Å²) in [5.41, 5.74) is -0.397. The lowest BCUT2D eigenvalue weighted by molar-refractivity contribution is -0.145. The van der Waals surface area contributed by atoms with E-state index in [0.717, 1.165) is 25.9 Å². The van der Waals surface area contributed by atoms with Gasteiger partial charge in [-0.15, -0.1) is 0 Å². The molecule has 16 heavy (non-hydrogen) atoms. The summed E-state index contributed by atoms with van der Waals surface area (Å²) in [5.74, 6) is 0.562. The first-order valence-electron chi connectivity index (χ1n) is 6.83. The molecule has 2 atom stereocenters. The minimum Gasteiger partial charge on any atom is -0.391 e. The monoisotopic (exact) mass is 225 g/mol. The fourth-order valence-corrected chi connectivity index (χ4v) is 3.46. The van der Waals surface area contributed by atoms with Crippen molar-refractivity contribution in [3.8, 4) is 0 Å². The highest BCUT2D eigenvalue weighted by molar-refractivity contribution is 5.07. The SMILES string of the molecule is OC1CCCCCC1N1CC(O)(C2CC2)C1. The zero-order chi connectivity index (χ0) is 11.2. The molecule has 0 spiro atoms. The maximum Gasteiger partial charge on any atom is 0.0928 e. The van der Waals surface area contributed by atoms with Crippen LogP contribution in [-0.4, -0.2) is 45.9 Å². The van der Waals surface area contributed by atoms with E-state index < -0.39 is 5.60 Å². The highest BCUT2D eigenvalue weighted by Crippen LogP contribution is 2.45. The van der Waals surface area contributed by atoms with Crippen molar-refractivity contribution >= 4 is 0 Å². The molecule has 0 aromatic rings. The van der Waals surface area contributed by atoms with Crippen LogP contribution >= 0.6 is 0 Å². The van der Waals surface area contributed by atoms with E-state index in [1.165, 1.54) is 32.1 Å². The van der Waals surface area contributed by atoms with Gasteiger partial charge < -0.3 is 10.2 Å². The lowest BCUT2D eigenvalue weighted by atomic mass is 9.85. The summed E-state index contributed by atoms with van der Waals surface area (Å²) in [4.78, 5) is 2.31. The zero-order valence-electron chi connectivity index (χ0n) is 9.94. The molecule has 1 saturated heterocycles. The Labute approximate surface area is 97.4 Å². The third-order valence-corrected chi connectivity index (χ3v) is 4.70. The molecular formula is C13H23NO2. The summed E-state index contributed by atoms with van der Waals surface area (Å²) < 4.78 is 0. The van der Waals surface area contributed by atoms with Gasteiger partial charge in [-0.25, -0.2) is 0 Å². The molecule has 0 bridgehead atoms. The van der Waals surface area contributed by atoms with Gasteiger partial charge in [-0.05, 0) is 31.6 Å². The van der Waals surface area contributed by atoms with E-state index in [1.807, 2.05) is 0 Å². The van der Waals surface area contributed by atoms with Crippen molar-refractivity contribution in [2.45, 2.75) is 62.7 Å². The average Bonchev–Trinajstić information content (AvgIpc) is 3.00.